The van der Waals surface area contributed by atoms with Gasteiger partial charge in [-0.3, -0.25) is 21.3 Å². The van der Waals surface area contributed by atoms with Gasteiger partial charge in [0.1, 0.15) is 45.3 Å². The molecule has 0 aromatic carbocycles. The number of carbonyl (C=O) groups is 8. The van der Waals surface area contributed by atoms with Gasteiger partial charge >= 0.3 is 48.7 Å². The second-order valence-electron chi connectivity index (χ2n) is 11.9. The molecule has 2 unspecified atom stereocenters. The molecule has 0 aliphatic rings. The van der Waals surface area contributed by atoms with E-state index in [1.165, 1.54) is 31.1 Å². The van der Waals surface area contributed by atoms with Crippen molar-refractivity contribution in [3.05, 3.63) is 0 Å². The molecule has 0 aromatic rings. The summed E-state index contributed by atoms with van der Waals surface area (Å²) in [7, 11) is 0. The van der Waals surface area contributed by atoms with E-state index in [1.807, 2.05) is 0 Å². The van der Waals surface area contributed by atoms with Crippen LogP contribution in [0.25, 0.3) is 0 Å². The molecule has 73 heavy (non-hydrogen) atoms. The largest absolute Gasteiger partial charge is 0.450 e. The van der Waals surface area contributed by atoms with E-state index in [0.29, 0.717) is 32.5 Å². The normalized spacial score (nSPS) is 9.66. The highest BCUT2D eigenvalue weighted by Gasteiger charge is 2.12. The molecule has 35 heteroatoms. The van der Waals surface area contributed by atoms with Crippen LogP contribution in [0.15, 0.2) is 4.99 Å². The molecule has 0 aromatic heterocycles. The lowest BCUT2D eigenvalue weighted by Gasteiger charge is -2.13. The lowest BCUT2D eigenvalue weighted by atomic mass is 10.3. The lowest BCUT2D eigenvalue weighted by Crippen LogP contribution is -2.33. The molecule has 0 aliphatic carbocycles. The number of hydrogen-bond acceptors (Lipinski definition) is 27. The van der Waals surface area contributed by atoms with Crippen molar-refractivity contribution in [1.82, 2.24) is 42.5 Å². The Morgan fingerprint density at radius 3 is 1.11 bits per heavy atom. The number of unbranched alkanes of at least 4 members (excludes halogenated alkanes) is 1. The van der Waals surface area contributed by atoms with Gasteiger partial charge in [0.2, 0.25) is 6.08 Å². The van der Waals surface area contributed by atoms with Crippen molar-refractivity contribution in [3.8, 4) is 25.0 Å². The Morgan fingerprint density at radius 2 is 0.740 bits per heavy atom. The average Bonchev–Trinajstić information content (AvgIpc) is 3.34. The number of nitrogens with zero attached hydrogens (tertiary/aromatic N) is 5. The number of hydrogen-bond donors (Lipinski definition) is 8. The third-order valence-electron chi connectivity index (χ3n) is 6.18. The van der Waals surface area contributed by atoms with E-state index in [-0.39, 0.29) is 86.4 Å². The quantitative estimate of drug-likeness (QED) is 0.0121. The van der Waals surface area contributed by atoms with Crippen LogP contribution in [0.3, 0.4) is 0 Å². The Labute approximate surface area is 418 Å². The van der Waals surface area contributed by atoms with Crippen molar-refractivity contribution in [1.29, 1.82) is 21.0 Å². The number of ether oxygens (including phenoxy) is 13. The number of alkyl carbamates (subject to hydrolysis) is 8. The fourth-order valence-corrected chi connectivity index (χ4v) is 3.34. The van der Waals surface area contributed by atoms with Crippen molar-refractivity contribution in [2.75, 3.05) is 106 Å². The molecule has 35 nitrogen and oxygen atoms in total. The first-order valence-electron chi connectivity index (χ1n) is 21.1. The first kappa shape index (κ1) is 70.2. The number of isocyanates is 1. The molecule has 8 N–H and O–H groups in total. The summed E-state index contributed by atoms with van der Waals surface area (Å²) in [5, 5.41) is 50.3. The summed E-state index contributed by atoms with van der Waals surface area (Å²) in [4.78, 5) is 100. The standard InChI is InChI=1S/C11H16N4O7.C10H17N3O5.C9H15N3O5.C8H13N3O5/c1-9(22-11(18)15-8-20-5-12)4-19-2-3-21-10(17)14-6-13-7-16;1-2-12-9(14)17-5-3-4-6-18-10(15)13-8-16-7-11;1-3-11-8(13)16-4-7(2)17-9(14)12-6-15-5-10;1-2-10-7(12)15-3-4-16-8(13)11-6-14-5-9/h9H,2-4,6,8H2,1H3,(H,14,17)(H,15,18);2-6,8H2,1H3,(H,12,14)(H,13,15);7H,3-4,6H2,1-2H3,(H,11,13)(H,12,14);2-4,6H2,1H3,(H,10,12)(H,11,13). The van der Waals surface area contributed by atoms with Gasteiger partial charge in [0.15, 0.2) is 26.9 Å². The van der Waals surface area contributed by atoms with Crippen molar-refractivity contribution in [2.24, 2.45) is 4.99 Å². The third-order valence-corrected chi connectivity index (χ3v) is 6.18. The van der Waals surface area contributed by atoms with E-state index >= 15 is 0 Å². The van der Waals surface area contributed by atoms with E-state index < -0.39 is 61.0 Å². The monoisotopic (exact) mass is 1050 g/mol. The highest BCUT2D eigenvalue weighted by atomic mass is 16.6. The second-order valence-corrected chi connectivity index (χ2v) is 11.9. The molecule has 0 fully saturated rings. The molecule has 0 saturated carbocycles. The highest BCUT2D eigenvalue weighted by molar-refractivity contribution is 5.69. The zero-order valence-electron chi connectivity index (χ0n) is 40.6. The Kier molecular flexibility index (Phi) is 53.2. The predicted molar refractivity (Wildman–Crippen MR) is 236 cm³/mol. The van der Waals surface area contributed by atoms with Crippen molar-refractivity contribution >= 4 is 54.8 Å². The van der Waals surface area contributed by atoms with Gasteiger partial charge in [-0.05, 0) is 47.5 Å². The first-order valence-corrected chi connectivity index (χ1v) is 21.1. The predicted octanol–water partition coefficient (Wildman–Crippen LogP) is 0.503. The van der Waals surface area contributed by atoms with Gasteiger partial charge in [0.25, 0.3) is 25.0 Å². The number of carbonyl (C=O) groups excluding carboxylic acids is 9. The molecular weight excluding hydrogens is 990 g/mol. The van der Waals surface area contributed by atoms with Gasteiger partial charge in [0.05, 0.1) is 26.4 Å². The Balaban J connectivity index is -0.000000438. The van der Waals surface area contributed by atoms with E-state index in [0.717, 1.165) is 0 Å². The fourth-order valence-electron chi connectivity index (χ4n) is 3.34. The highest BCUT2D eigenvalue weighted by Crippen LogP contribution is 1.96. The Morgan fingerprint density at radius 1 is 0.425 bits per heavy atom. The van der Waals surface area contributed by atoms with Crippen molar-refractivity contribution in [2.45, 2.75) is 59.7 Å². The number of rotatable bonds is 30. The van der Waals surface area contributed by atoms with Crippen LogP contribution in [0.4, 0.5) is 38.4 Å². The van der Waals surface area contributed by atoms with Gasteiger partial charge in [-0.25, -0.2) is 43.2 Å². The van der Waals surface area contributed by atoms with Crippen LogP contribution in [-0.2, 0) is 66.4 Å². The van der Waals surface area contributed by atoms with Gasteiger partial charge in [-0.15, -0.1) is 0 Å². The molecule has 0 rings (SSSR count). The molecule has 0 radical (unpaired) electrons. The maximum Gasteiger partial charge on any atom is 0.410 e. The number of nitrogens with one attached hydrogen (secondary N) is 8. The van der Waals surface area contributed by atoms with Gasteiger partial charge in [-0.2, -0.15) is 26.0 Å². The zero-order chi connectivity index (χ0) is 55.6. The molecular formula is C38H61N13O22. The van der Waals surface area contributed by atoms with E-state index in [1.54, 1.807) is 34.6 Å². The Hall–Kier alpha value is -9.34. The molecule has 0 aliphatic heterocycles. The molecule has 0 bridgehead atoms. The van der Waals surface area contributed by atoms with Crippen LogP contribution in [0.1, 0.15) is 47.5 Å². The van der Waals surface area contributed by atoms with Crippen LogP contribution in [0.2, 0.25) is 0 Å². The molecule has 0 spiro atoms. The summed E-state index contributed by atoms with van der Waals surface area (Å²) in [6, 6.07) is 0. The molecule has 0 saturated heterocycles. The van der Waals surface area contributed by atoms with Crippen LogP contribution in [-0.4, -0.2) is 173 Å². The van der Waals surface area contributed by atoms with Gasteiger partial charge < -0.3 is 82.8 Å². The van der Waals surface area contributed by atoms with Crippen LogP contribution >= 0.6 is 0 Å². The van der Waals surface area contributed by atoms with Crippen molar-refractivity contribution in [3.63, 3.8) is 0 Å². The molecule has 0 heterocycles. The molecule has 410 valence electrons. The molecule has 8 amide bonds. The SMILES string of the molecule is CC(COCCOC(=O)NCN=C=O)OC(=O)NCOC#N.CCNC(=O)OCC(C)OC(=O)NCOC#N.CCNC(=O)OCCCCOC(=O)NCOC#N.CCNC(=O)OCCOC(=O)NCOC#N. The summed E-state index contributed by atoms with van der Waals surface area (Å²) >= 11 is 0. The summed E-state index contributed by atoms with van der Waals surface area (Å²) in [5.41, 5.74) is 0. The van der Waals surface area contributed by atoms with Crippen LogP contribution in [0.5, 0.6) is 0 Å². The average molecular weight is 1050 g/mol. The zero-order valence-corrected chi connectivity index (χ0v) is 40.6. The lowest BCUT2D eigenvalue weighted by molar-refractivity contribution is 0.0114. The van der Waals surface area contributed by atoms with E-state index in [9.17, 15) is 43.2 Å². The maximum absolute atomic E-state index is 11.1. The minimum Gasteiger partial charge on any atom is -0.450 e. The fraction of sp³-hybridized carbons (Fsp3) is 0.658. The summed E-state index contributed by atoms with van der Waals surface area (Å²) in [6.45, 7) is 9.14. The second kappa shape index (κ2) is 55.3. The maximum atomic E-state index is 11.1. The smallest absolute Gasteiger partial charge is 0.410 e. The number of aliphatic imine (C=N–C) groups is 1. The topological polar surface area (TPSA) is 477 Å². The van der Waals surface area contributed by atoms with Gasteiger partial charge in [-0.1, -0.05) is 0 Å². The summed E-state index contributed by atoms with van der Waals surface area (Å²) in [6.07, 6.45) is 1.56. The van der Waals surface area contributed by atoms with E-state index in [4.69, 9.17) is 49.5 Å². The van der Waals surface area contributed by atoms with E-state index in [2.05, 4.69) is 80.7 Å². The minimum atomic E-state index is -0.757. The first-order chi connectivity index (χ1) is 35.1. The third kappa shape index (κ3) is 60.6. The van der Waals surface area contributed by atoms with Gasteiger partial charge in [0, 0.05) is 19.6 Å². The molecule has 2 atom stereocenters. The van der Waals surface area contributed by atoms with Crippen molar-refractivity contribution < 1.29 is 105 Å². The van der Waals surface area contributed by atoms with Crippen LogP contribution in [0, 0.1) is 46.1 Å². The minimum absolute atomic E-state index is 0.0223. The summed E-state index contributed by atoms with van der Waals surface area (Å²) < 4.78 is 59.8. The summed E-state index contributed by atoms with van der Waals surface area (Å²) in [5.74, 6) is 0. The number of nitriles is 4. The number of amides is 8. The Bertz CT molecular complexity index is 1770. The van der Waals surface area contributed by atoms with Crippen LogP contribution < -0.4 is 42.5 Å².